The van der Waals surface area contributed by atoms with Crippen molar-refractivity contribution in [2.45, 2.75) is 46.6 Å². The van der Waals surface area contributed by atoms with E-state index in [1.165, 1.54) is 5.56 Å². The van der Waals surface area contributed by atoms with Gasteiger partial charge >= 0.3 is 0 Å². The molecule has 0 atom stereocenters. The molecule has 0 heterocycles. The SMILES string of the molecule is CCOc1ccc(C(=O)Nc2ccccc2OCC)cc1COc1ccc(C(C)(C)C)cc1. The Kier molecular flexibility index (Phi) is 7.99. The van der Waals surface area contributed by atoms with Crippen LogP contribution in [0, 0.1) is 0 Å². The number of nitrogens with one attached hydrogen (secondary N) is 1. The van der Waals surface area contributed by atoms with Crippen molar-refractivity contribution in [1.29, 1.82) is 0 Å². The predicted octanol–water partition coefficient (Wildman–Crippen LogP) is 6.61. The summed E-state index contributed by atoms with van der Waals surface area (Å²) in [5.74, 6) is 1.89. The van der Waals surface area contributed by atoms with Crippen LogP contribution >= 0.6 is 0 Å². The van der Waals surface area contributed by atoms with Gasteiger partial charge in [0.1, 0.15) is 23.9 Å². The minimum atomic E-state index is -0.221. The van der Waals surface area contributed by atoms with Gasteiger partial charge in [0, 0.05) is 11.1 Å². The number of anilines is 1. The Morgan fingerprint density at radius 1 is 0.818 bits per heavy atom. The third-order valence-corrected chi connectivity index (χ3v) is 5.17. The number of benzene rings is 3. The number of hydrogen-bond acceptors (Lipinski definition) is 4. The lowest BCUT2D eigenvalue weighted by atomic mass is 9.87. The van der Waals surface area contributed by atoms with Gasteiger partial charge in [-0.1, -0.05) is 45.0 Å². The normalized spacial score (nSPS) is 11.1. The molecule has 33 heavy (non-hydrogen) atoms. The van der Waals surface area contributed by atoms with E-state index in [0.29, 0.717) is 42.6 Å². The minimum Gasteiger partial charge on any atom is -0.493 e. The fraction of sp³-hybridized carbons (Fsp3) is 0.321. The van der Waals surface area contributed by atoms with Crippen molar-refractivity contribution >= 4 is 11.6 Å². The van der Waals surface area contributed by atoms with Gasteiger partial charge in [-0.2, -0.15) is 0 Å². The molecular weight excluding hydrogens is 414 g/mol. The van der Waals surface area contributed by atoms with Crippen molar-refractivity contribution in [3.8, 4) is 17.2 Å². The molecule has 3 aromatic carbocycles. The van der Waals surface area contributed by atoms with Crippen LogP contribution in [0.1, 0.15) is 56.1 Å². The number of para-hydroxylation sites is 2. The molecule has 0 aliphatic carbocycles. The van der Waals surface area contributed by atoms with Crippen LogP contribution in [0.25, 0.3) is 0 Å². The summed E-state index contributed by atoms with van der Waals surface area (Å²) in [5, 5.41) is 2.94. The summed E-state index contributed by atoms with van der Waals surface area (Å²) < 4.78 is 17.4. The maximum absolute atomic E-state index is 12.9. The molecule has 0 saturated carbocycles. The summed E-state index contributed by atoms with van der Waals surface area (Å²) in [6.45, 7) is 11.7. The van der Waals surface area contributed by atoms with E-state index in [1.54, 1.807) is 6.07 Å². The van der Waals surface area contributed by atoms with Crippen molar-refractivity contribution in [3.05, 3.63) is 83.4 Å². The molecule has 0 radical (unpaired) electrons. The number of carbonyl (C=O) groups excluding carboxylic acids is 1. The Morgan fingerprint density at radius 3 is 2.15 bits per heavy atom. The Hall–Kier alpha value is -3.47. The monoisotopic (exact) mass is 447 g/mol. The Morgan fingerprint density at radius 2 is 1.48 bits per heavy atom. The van der Waals surface area contributed by atoms with Gasteiger partial charge in [-0.3, -0.25) is 4.79 Å². The molecule has 1 amide bonds. The van der Waals surface area contributed by atoms with E-state index >= 15 is 0 Å². The third-order valence-electron chi connectivity index (χ3n) is 5.17. The zero-order valence-electron chi connectivity index (χ0n) is 20.1. The lowest BCUT2D eigenvalue weighted by Crippen LogP contribution is -2.14. The molecular formula is C28H33NO4. The largest absolute Gasteiger partial charge is 0.493 e. The molecule has 3 aromatic rings. The molecule has 0 aromatic heterocycles. The van der Waals surface area contributed by atoms with Crippen LogP contribution in [0.5, 0.6) is 17.2 Å². The van der Waals surface area contributed by atoms with Crippen LogP contribution in [-0.4, -0.2) is 19.1 Å². The highest BCUT2D eigenvalue weighted by Crippen LogP contribution is 2.28. The molecule has 0 saturated heterocycles. The first-order chi connectivity index (χ1) is 15.8. The quantitative estimate of drug-likeness (QED) is 0.401. The van der Waals surface area contributed by atoms with E-state index in [-0.39, 0.29) is 11.3 Å². The predicted molar refractivity (Wildman–Crippen MR) is 133 cm³/mol. The molecule has 0 fully saturated rings. The molecule has 174 valence electrons. The number of amides is 1. The van der Waals surface area contributed by atoms with Crippen molar-refractivity contribution in [1.82, 2.24) is 0 Å². The molecule has 1 N–H and O–H groups in total. The van der Waals surface area contributed by atoms with E-state index in [2.05, 4.69) is 38.2 Å². The summed E-state index contributed by atoms with van der Waals surface area (Å²) in [5.41, 5.74) is 3.29. The molecule has 0 bridgehead atoms. The number of hydrogen-bond donors (Lipinski definition) is 1. The van der Waals surface area contributed by atoms with Crippen LogP contribution in [-0.2, 0) is 12.0 Å². The Labute approximate surface area is 196 Å². The first-order valence-electron chi connectivity index (χ1n) is 11.3. The van der Waals surface area contributed by atoms with Crippen molar-refractivity contribution in [2.24, 2.45) is 0 Å². The van der Waals surface area contributed by atoms with Crippen LogP contribution in [0.3, 0.4) is 0 Å². The third kappa shape index (κ3) is 6.51. The van der Waals surface area contributed by atoms with Gasteiger partial charge in [-0.25, -0.2) is 0 Å². The summed E-state index contributed by atoms with van der Waals surface area (Å²) in [6, 6.07) is 20.9. The molecule has 5 heteroatoms. The maximum atomic E-state index is 12.9. The highest BCUT2D eigenvalue weighted by atomic mass is 16.5. The van der Waals surface area contributed by atoms with E-state index < -0.39 is 0 Å². The van der Waals surface area contributed by atoms with Gasteiger partial charge in [-0.15, -0.1) is 0 Å². The molecule has 0 unspecified atom stereocenters. The molecule has 0 spiro atoms. The van der Waals surface area contributed by atoms with Crippen molar-refractivity contribution in [3.63, 3.8) is 0 Å². The van der Waals surface area contributed by atoms with E-state index in [0.717, 1.165) is 11.3 Å². The first-order valence-corrected chi connectivity index (χ1v) is 11.3. The van der Waals surface area contributed by atoms with E-state index in [4.69, 9.17) is 14.2 Å². The Balaban J connectivity index is 1.77. The average Bonchev–Trinajstić information content (AvgIpc) is 2.79. The zero-order chi connectivity index (χ0) is 23.8. The van der Waals surface area contributed by atoms with E-state index in [1.807, 2.05) is 62.4 Å². The molecule has 0 aliphatic rings. The number of carbonyl (C=O) groups is 1. The van der Waals surface area contributed by atoms with Crippen LogP contribution in [0.4, 0.5) is 5.69 Å². The van der Waals surface area contributed by atoms with Gasteiger partial charge in [0.2, 0.25) is 0 Å². The van der Waals surface area contributed by atoms with Gasteiger partial charge in [0.05, 0.1) is 18.9 Å². The zero-order valence-corrected chi connectivity index (χ0v) is 20.1. The summed E-state index contributed by atoms with van der Waals surface area (Å²) >= 11 is 0. The summed E-state index contributed by atoms with van der Waals surface area (Å²) in [4.78, 5) is 12.9. The average molecular weight is 448 g/mol. The number of ether oxygens (including phenoxy) is 3. The summed E-state index contributed by atoms with van der Waals surface area (Å²) in [6.07, 6.45) is 0. The van der Waals surface area contributed by atoms with Crippen molar-refractivity contribution in [2.75, 3.05) is 18.5 Å². The fourth-order valence-corrected chi connectivity index (χ4v) is 3.39. The smallest absolute Gasteiger partial charge is 0.255 e. The number of rotatable bonds is 9. The van der Waals surface area contributed by atoms with Gasteiger partial charge in [0.15, 0.2) is 0 Å². The van der Waals surface area contributed by atoms with Crippen LogP contribution in [0.2, 0.25) is 0 Å². The second-order valence-electron chi connectivity index (χ2n) is 8.70. The maximum Gasteiger partial charge on any atom is 0.255 e. The second-order valence-corrected chi connectivity index (χ2v) is 8.70. The van der Waals surface area contributed by atoms with Crippen LogP contribution < -0.4 is 19.5 Å². The molecule has 3 rings (SSSR count). The van der Waals surface area contributed by atoms with Gasteiger partial charge in [0.25, 0.3) is 5.91 Å². The first kappa shape index (κ1) is 24.2. The van der Waals surface area contributed by atoms with Crippen LogP contribution in [0.15, 0.2) is 66.7 Å². The lowest BCUT2D eigenvalue weighted by Gasteiger charge is -2.19. The highest BCUT2D eigenvalue weighted by Gasteiger charge is 2.15. The highest BCUT2D eigenvalue weighted by molar-refractivity contribution is 6.05. The molecule has 0 aliphatic heterocycles. The second kappa shape index (κ2) is 10.9. The van der Waals surface area contributed by atoms with Crippen molar-refractivity contribution < 1.29 is 19.0 Å². The van der Waals surface area contributed by atoms with E-state index in [9.17, 15) is 4.79 Å². The Bertz CT molecular complexity index is 1070. The standard InChI is InChI=1S/C28H33NO4/c1-6-31-25-17-12-20(27(30)29-24-10-8-9-11-26(24)32-7-2)18-21(25)19-33-23-15-13-22(14-16-23)28(3,4)5/h8-18H,6-7,19H2,1-5H3,(H,29,30). The summed E-state index contributed by atoms with van der Waals surface area (Å²) in [7, 11) is 0. The fourth-order valence-electron chi connectivity index (χ4n) is 3.39. The molecule has 5 nitrogen and oxygen atoms in total. The minimum absolute atomic E-state index is 0.0865. The van der Waals surface area contributed by atoms with Gasteiger partial charge in [-0.05, 0) is 67.3 Å². The topological polar surface area (TPSA) is 56.8 Å². The van der Waals surface area contributed by atoms with Gasteiger partial charge < -0.3 is 19.5 Å². The lowest BCUT2D eigenvalue weighted by molar-refractivity contribution is 0.102.